The number of rotatable bonds is 8. The van der Waals surface area contributed by atoms with Gasteiger partial charge in [0, 0.05) is 55.4 Å². The third-order valence-electron chi connectivity index (χ3n) is 6.71. The zero-order valence-corrected chi connectivity index (χ0v) is 22.4. The molecule has 0 saturated carbocycles. The van der Waals surface area contributed by atoms with Gasteiger partial charge in [-0.1, -0.05) is 35.9 Å². The van der Waals surface area contributed by atoms with E-state index in [0.29, 0.717) is 35.8 Å². The molecule has 3 N–H and O–H groups in total. The Hall–Kier alpha value is -3.28. The summed E-state index contributed by atoms with van der Waals surface area (Å²) in [5.74, 6) is -2.26. The van der Waals surface area contributed by atoms with Crippen LogP contribution in [0.3, 0.4) is 0 Å². The minimum Gasteiger partial charge on any atom is -0.449 e. The minimum absolute atomic E-state index is 0.0436. The van der Waals surface area contributed by atoms with Crippen LogP contribution in [0.1, 0.15) is 24.2 Å². The van der Waals surface area contributed by atoms with E-state index in [4.69, 9.17) is 16.3 Å². The van der Waals surface area contributed by atoms with E-state index in [1.165, 1.54) is 6.07 Å². The third kappa shape index (κ3) is 7.43. The van der Waals surface area contributed by atoms with E-state index in [0.717, 1.165) is 29.6 Å². The second kappa shape index (κ2) is 12.3. The van der Waals surface area contributed by atoms with Gasteiger partial charge < -0.3 is 30.2 Å². The van der Waals surface area contributed by atoms with Gasteiger partial charge in [0.25, 0.3) is 0 Å². The SMILES string of the molecule is C[C@H](Cc1c[nH]c2c(NC(=O)N3CCN(C)CC3)cccc12)NC[C@@H](OC(=O)C(F)(F)F)c1cccc(Cl)c1. The van der Waals surface area contributed by atoms with Crippen molar-refractivity contribution in [2.24, 2.45) is 0 Å². The van der Waals surface area contributed by atoms with Crippen molar-refractivity contribution in [2.75, 3.05) is 45.1 Å². The lowest BCUT2D eigenvalue weighted by atomic mass is 10.0. The maximum atomic E-state index is 12.9. The molecule has 0 spiro atoms. The Morgan fingerprint density at radius 2 is 1.85 bits per heavy atom. The highest BCUT2D eigenvalue weighted by Crippen LogP contribution is 2.28. The summed E-state index contributed by atoms with van der Waals surface area (Å²) in [6, 6.07) is 11.5. The maximum Gasteiger partial charge on any atom is 0.490 e. The molecule has 0 unspecified atom stereocenters. The number of urea groups is 1. The number of alkyl halides is 3. The van der Waals surface area contributed by atoms with Crippen LogP contribution >= 0.6 is 11.6 Å². The van der Waals surface area contributed by atoms with Crippen molar-refractivity contribution in [1.29, 1.82) is 0 Å². The fraction of sp³-hybridized carbons (Fsp3) is 0.407. The first-order valence-corrected chi connectivity index (χ1v) is 13.0. The van der Waals surface area contributed by atoms with Crippen molar-refractivity contribution in [2.45, 2.75) is 31.7 Å². The number of nitrogens with one attached hydrogen (secondary N) is 3. The van der Waals surface area contributed by atoms with Crippen LogP contribution in [0.25, 0.3) is 10.9 Å². The number of H-pyrrole nitrogens is 1. The van der Waals surface area contributed by atoms with E-state index in [2.05, 4.69) is 20.5 Å². The summed E-state index contributed by atoms with van der Waals surface area (Å²) in [5.41, 5.74) is 2.78. The van der Waals surface area contributed by atoms with Crippen LogP contribution in [0, 0.1) is 0 Å². The molecule has 2 amide bonds. The quantitative estimate of drug-likeness (QED) is 0.336. The number of piperazine rings is 1. The van der Waals surface area contributed by atoms with Gasteiger partial charge in [-0.25, -0.2) is 9.59 Å². The Kier molecular flexibility index (Phi) is 9.04. The average Bonchev–Trinajstić information content (AvgIpc) is 3.29. The minimum atomic E-state index is -5.11. The number of esters is 1. The molecule has 8 nitrogen and oxygen atoms in total. The van der Waals surface area contributed by atoms with Crippen LogP contribution in [0.4, 0.5) is 23.7 Å². The number of ether oxygens (including phenoxy) is 1. The van der Waals surface area contributed by atoms with Gasteiger partial charge in [-0.2, -0.15) is 13.2 Å². The number of amides is 2. The van der Waals surface area contributed by atoms with E-state index in [1.54, 1.807) is 23.1 Å². The molecule has 0 radical (unpaired) electrons. The van der Waals surface area contributed by atoms with Crippen molar-refractivity contribution in [1.82, 2.24) is 20.1 Å². The highest BCUT2D eigenvalue weighted by atomic mass is 35.5. The summed E-state index contributed by atoms with van der Waals surface area (Å²) in [7, 11) is 2.03. The molecular weight excluding hydrogens is 535 g/mol. The number of carbonyl (C=O) groups excluding carboxylic acids is 2. The van der Waals surface area contributed by atoms with Gasteiger partial charge in [0.2, 0.25) is 0 Å². The van der Waals surface area contributed by atoms with E-state index in [9.17, 15) is 22.8 Å². The number of fused-ring (bicyclic) bond motifs is 1. The molecule has 1 aromatic heterocycles. The van der Waals surface area contributed by atoms with Gasteiger partial charge in [0.15, 0.2) is 0 Å². The second-order valence-corrected chi connectivity index (χ2v) is 10.2. The fourth-order valence-corrected chi connectivity index (χ4v) is 4.73. The summed E-state index contributed by atoms with van der Waals surface area (Å²) in [6.07, 6.45) is -3.90. The molecule has 39 heavy (non-hydrogen) atoms. The first-order chi connectivity index (χ1) is 18.5. The first kappa shape index (κ1) is 28.7. The van der Waals surface area contributed by atoms with Gasteiger partial charge in [-0.05, 0) is 49.7 Å². The molecule has 0 bridgehead atoms. The predicted octanol–water partition coefficient (Wildman–Crippen LogP) is 4.97. The summed E-state index contributed by atoms with van der Waals surface area (Å²) in [5, 5.41) is 7.42. The van der Waals surface area contributed by atoms with Gasteiger partial charge in [-0.15, -0.1) is 0 Å². The molecule has 1 saturated heterocycles. The number of hydrogen-bond donors (Lipinski definition) is 3. The Balaban J connectivity index is 1.42. The number of likely N-dealkylation sites (N-methyl/N-ethyl adjacent to an activating group) is 1. The molecular formula is C27H31ClF3N5O3. The van der Waals surface area contributed by atoms with E-state index in [1.807, 2.05) is 38.4 Å². The summed E-state index contributed by atoms with van der Waals surface area (Å²) in [6.45, 7) is 4.81. The highest BCUT2D eigenvalue weighted by Gasteiger charge is 2.42. The second-order valence-electron chi connectivity index (χ2n) is 9.72. The van der Waals surface area contributed by atoms with Crippen LogP contribution < -0.4 is 10.6 Å². The third-order valence-corrected chi connectivity index (χ3v) is 6.95. The lowest BCUT2D eigenvalue weighted by Crippen LogP contribution is -2.48. The number of hydrogen-bond acceptors (Lipinski definition) is 5. The molecule has 2 atom stereocenters. The van der Waals surface area contributed by atoms with Gasteiger partial charge in [-0.3, -0.25) is 0 Å². The predicted molar refractivity (Wildman–Crippen MR) is 144 cm³/mol. The number of aromatic amines is 1. The molecule has 2 aromatic carbocycles. The Morgan fingerprint density at radius 3 is 2.54 bits per heavy atom. The molecule has 12 heteroatoms. The molecule has 2 heterocycles. The molecule has 1 aliphatic rings. The van der Waals surface area contributed by atoms with Crippen LogP contribution in [0.15, 0.2) is 48.7 Å². The highest BCUT2D eigenvalue weighted by molar-refractivity contribution is 6.30. The van der Waals surface area contributed by atoms with Gasteiger partial charge >= 0.3 is 18.2 Å². The summed E-state index contributed by atoms with van der Waals surface area (Å²) < 4.78 is 43.4. The first-order valence-electron chi connectivity index (χ1n) is 12.6. The van der Waals surface area contributed by atoms with Crippen LogP contribution in [-0.4, -0.2) is 78.8 Å². The average molecular weight is 566 g/mol. The number of aromatic nitrogens is 1. The lowest BCUT2D eigenvalue weighted by Gasteiger charge is -2.32. The summed E-state index contributed by atoms with van der Waals surface area (Å²) in [4.78, 5) is 31.5. The van der Waals surface area contributed by atoms with Crippen LogP contribution in [0.5, 0.6) is 0 Å². The normalized spacial score (nSPS) is 16.2. The van der Waals surface area contributed by atoms with Crippen molar-refractivity contribution in [3.63, 3.8) is 0 Å². The van der Waals surface area contributed by atoms with Crippen molar-refractivity contribution in [3.05, 3.63) is 64.8 Å². The number of halogens is 4. The number of carbonyl (C=O) groups is 2. The molecule has 3 aromatic rings. The largest absolute Gasteiger partial charge is 0.490 e. The fourth-order valence-electron chi connectivity index (χ4n) is 4.53. The van der Waals surface area contributed by atoms with E-state index in [-0.39, 0.29) is 18.6 Å². The zero-order chi connectivity index (χ0) is 28.2. The topological polar surface area (TPSA) is 89.7 Å². The van der Waals surface area contributed by atoms with Crippen molar-refractivity contribution in [3.8, 4) is 0 Å². The van der Waals surface area contributed by atoms with Crippen LogP contribution in [-0.2, 0) is 16.0 Å². The van der Waals surface area contributed by atoms with E-state index < -0.39 is 18.2 Å². The molecule has 1 fully saturated rings. The molecule has 1 aliphatic heterocycles. The Labute approximate surface area is 229 Å². The standard InChI is InChI=1S/C27H31ClF3N5O3/c1-17(32-16-23(39-25(37)27(29,30)31)18-5-3-6-20(28)14-18)13-19-15-33-24-21(19)7-4-8-22(24)34-26(38)36-11-9-35(2)10-12-36/h3-8,14-15,17,23,32-33H,9-13,16H2,1-2H3,(H,34,38)/t17-,23-/m1/s1. The number of nitrogens with zero attached hydrogens (tertiary/aromatic N) is 2. The lowest BCUT2D eigenvalue weighted by molar-refractivity contribution is -0.205. The number of anilines is 1. The molecule has 0 aliphatic carbocycles. The Bertz CT molecular complexity index is 1310. The number of benzene rings is 2. The molecule has 210 valence electrons. The Morgan fingerprint density at radius 1 is 1.13 bits per heavy atom. The molecule has 4 rings (SSSR count). The smallest absolute Gasteiger partial charge is 0.449 e. The van der Waals surface area contributed by atoms with Crippen molar-refractivity contribution < 1.29 is 27.5 Å². The number of para-hydroxylation sites is 1. The monoisotopic (exact) mass is 565 g/mol. The van der Waals surface area contributed by atoms with E-state index >= 15 is 0 Å². The zero-order valence-electron chi connectivity index (χ0n) is 21.6. The van der Waals surface area contributed by atoms with Gasteiger partial charge in [0.1, 0.15) is 6.10 Å². The maximum absolute atomic E-state index is 12.9. The van der Waals surface area contributed by atoms with Crippen molar-refractivity contribution >= 4 is 40.2 Å². The van der Waals surface area contributed by atoms with Gasteiger partial charge in [0.05, 0.1) is 11.2 Å². The van der Waals surface area contributed by atoms with Crippen LogP contribution in [0.2, 0.25) is 5.02 Å². The summed E-state index contributed by atoms with van der Waals surface area (Å²) >= 11 is 6.01.